The third-order valence-electron chi connectivity index (χ3n) is 5.43. The molecule has 0 radical (unpaired) electrons. The zero-order chi connectivity index (χ0) is 23.3. The molecule has 3 aromatic carbocycles. The Bertz CT molecular complexity index is 1240. The van der Waals surface area contributed by atoms with Gasteiger partial charge in [0, 0.05) is 36.4 Å². The lowest BCUT2D eigenvalue weighted by Gasteiger charge is -2.26. The van der Waals surface area contributed by atoms with Gasteiger partial charge < -0.3 is 10.2 Å². The van der Waals surface area contributed by atoms with Gasteiger partial charge in [0.1, 0.15) is 0 Å². The third-order valence-corrected chi connectivity index (χ3v) is 6.83. The Balaban J connectivity index is 1.41. The number of amides is 2. The number of likely N-dealkylation sites (tertiary alicyclic amines) is 1. The average molecular weight is 464 g/mol. The summed E-state index contributed by atoms with van der Waals surface area (Å²) in [5.74, 6) is -0.186. The SMILES string of the molecule is O=C(Nc1cccc(CN2CCCCC2=O)c1)c1ccc(S(=O)(=O)Nc2ccccc2)cc1. The first kappa shape index (κ1) is 22.5. The lowest BCUT2D eigenvalue weighted by molar-refractivity contribution is -0.133. The van der Waals surface area contributed by atoms with E-state index in [9.17, 15) is 18.0 Å². The predicted molar refractivity (Wildman–Crippen MR) is 127 cm³/mol. The highest BCUT2D eigenvalue weighted by Gasteiger charge is 2.18. The summed E-state index contributed by atoms with van der Waals surface area (Å²) in [4.78, 5) is 26.6. The van der Waals surface area contributed by atoms with Crippen LogP contribution in [0.1, 0.15) is 35.2 Å². The van der Waals surface area contributed by atoms with Gasteiger partial charge in [-0.15, -0.1) is 0 Å². The van der Waals surface area contributed by atoms with Crippen LogP contribution in [0.5, 0.6) is 0 Å². The summed E-state index contributed by atoms with van der Waals surface area (Å²) >= 11 is 0. The minimum atomic E-state index is -3.75. The summed E-state index contributed by atoms with van der Waals surface area (Å²) in [5.41, 5.74) is 2.36. The number of piperidine rings is 1. The first-order valence-electron chi connectivity index (χ1n) is 10.8. The molecule has 0 aromatic heterocycles. The Morgan fingerprint density at radius 3 is 2.33 bits per heavy atom. The summed E-state index contributed by atoms with van der Waals surface area (Å²) in [6, 6.07) is 21.8. The van der Waals surface area contributed by atoms with E-state index >= 15 is 0 Å². The molecular weight excluding hydrogens is 438 g/mol. The predicted octanol–water partition coefficient (Wildman–Crippen LogP) is 4.25. The first-order chi connectivity index (χ1) is 15.9. The van der Waals surface area contributed by atoms with Crippen molar-refractivity contribution in [2.24, 2.45) is 0 Å². The summed E-state index contributed by atoms with van der Waals surface area (Å²) in [7, 11) is -3.75. The lowest BCUT2D eigenvalue weighted by Crippen LogP contribution is -2.34. The number of para-hydroxylation sites is 1. The van der Waals surface area contributed by atoms with Gasteiger partial charge in [0.05, 0.1) is 4.90 Å². The molecule has 0 saturated carbocycles. The molecule has 1 aliphatic rings. The summed E-state index contributed by atoms with van der Waals surface area (Å²) in [6.45, 7) is 1.27. The van der Waals surface area contributed by atoms with Crippen molar-refractivity contribution in [1.82, 2.24) is 4.90 Å². The molecule has 1 fully saturated rings. The van der Waals surface area contributed by atoms with Gasteiger partial charge in [-0.1, -0.05) is 30.3 Å². The molecule has 2 N–H and O–H groups in total. The van der Waals surface area contributed by atoms with Crippen LogP contribution in [0.2, 0.25) is 0 Å². The van der Waals surface area contributed by atoms with Crippen molar-refractivity contribution in [3.05, 3.63) is 90.0 Å². The summed E-state index contributed by atoms with van der Waals surface area (Å²) < 4.78 is 27.6. The summed E-state index contributed by atoms with van der Waals surface area (Å²) in [5, 5.41) is 2.84. The minimum Gasteiger partial charge on any atom is -0.338 e. The van der Waals surface area contributed by atoms with Crippen molar-refractivity contribution in [3.63, 3.8) is 0 Å². The molecule has 2 amide bonds. The highest BCUT2D eigenvalue weighted by atomic mass is 32.2. The molecule has 0 spiro atoms. The van der Waals surface area contributed by atoms with Gasteiger partial charge in [0.2, 0.25) is 5.91 Å². The first-order valence-corrected chi connectivity index (χ1v) is 12.2. The van der Waals surface area contributed by atoms with E-state index in [2.05, 4.69) is 10.0 Å². The van der Waals surface area contributed by atoms with Crippen molar-refractivity contribution < 1.29 is 18.0 Å². The Kier molecular flexibility index (Phi) is 6.74. The molecule has 1 saturated heterocycles. The Morgan fingerprint density at radius 1 is 0.879 bits per heavy atom. The van der Waals surface area contributed by atoms with E-state index in [-0.39, 0.29) is 16.7 Å². The number of sulfonamides is 1. The van der Waals surface area contributed by atoms with Crippen LogP contribution >= 0.6 is 0 Å². The van der Waals surface area contributed by atoms with E-state index in [0.717, 1.165) is 24.9 Å². The Morgan fingerprint density at radius 2 is 1.61 bits per heavy atom. The third kappa shape index (κ3) is 5.78. The summed E-state index contributed by atoms with van der Waals surface area (Å²) in [6.07, 6.45) is 2.53. The maximum atomic E-state index is 12.7. The number of nitrogens with one attached hydrogen (secondary N) is 2. The molecular formula is C25H25N3O4S. The fraction of sp³-hybridized carbons (Fsp3) is 0.200. The van der Waals surface area contributed by atoms with Crippen molar-refractivity contribution >= 4 is 33.2 Å². The van der Waals surface area contributed by atoms with E-state index in [0.29, 0.717) is 29.9 Å². The molecule has 170 valence electrons. The maximum Gasteiger partial charge on any atom is 0.261 e. The Hall–Kier alpha value is -3.65. The van der Waals surface area contributed by atoms with Crippen LogP contribution in [0.3, 0.4) is 0 Å². The van der Waals surface area contributed by atoms with Gasteiger partial charge in [0.25, 0.3) is 15.9 Å². The van der Waals surface area contributed by atoms with E-state index in [1.54, 1.807) is 36.4 Å². The van der Waals surface area contributed by atoms with E-state index in [1.165, 1.54) is 24.3 Å². The van der Waals surface area contributed by atoms with E-state index in [1.807, 2.05) is 23.1 Å². The van der Waals surface area contributed by atoms with E-state index < -0.39 is 10.0 Å². The second-order valence-electron chi connectivity index (χ2n) is 7.92. The van der Waals surface area contributed by atoms with Gasteiger partial charge in [-0.05, 0) is 66.9 Å². The fourth-order valence-corrected chi connectivity index (χ4v) is 4.76. The Labute approximate surface area is 193 Å². The number of nitrogens with zero attached hydrogens (tertiary/aromatic N) is 1. The van der Waals surface area contributed by atoms with Gasteiger partial charge >= 0.3 is 0 Å². The fourth-order valence-electron chi connectivity index (χ4n) is 3.71. The largest absolute Gasteiger partial charge is 0.338 e. The van der Waals surface area contributed by atoms with Crippen molar-refractivity contribution in [2.75, 3.05) is 16.6 Å². The van der Waals surface area contributed by atoms with Gasteiger partial charge in [-0.2, -0.15) is 0 Å². The van der Waals surface area contributed by atoms with Crippen molar-refractivity contribution in [1.29, 1.82) is 0 Å². The van der Waals surface area contributed by atoms with E-state index in [4.69, 9.17) is 0 Å². The molecule has 0 aliphatic carbocycles. The zero-order valence-electron chi connectivity index (χ0n) is 18.0. The van der Waals surface area contributed by atoms with Crippen LogP contribution in [0.4, 0.5) is 11.4 Å². The molecule has 0 unspecified atom stereocenters. The van der Waals surface area contributed by atoms with Crippen LogP contribution in [0, 0.1) is 0 Å². The lowest BCUT2D eigenvalue weighted by atomic mass is 10.1. The number of hydrogen-bond acceptors (Lipinski definition) is 4. The molecule has 1 heterocycles. The second-order valence-corrected chi connectivity index (χ2v) is 9.61. The van der Waals surface area contributed by atoms with Crippen LogP contribution in [0.15, 0.2) is 83.8 Å². The van der Waals surface area contributed by atoms with Crippen LogP contribution in [-0.2, 0) is 21.4 Å². The molecule has 4 rings (SSSR count). The second kappa shape index (κ2) is 9.87. The van der Waals surface area contributed by atoms with Gasteiger partial charge in [-0.3, -0.25) is 14.3 Å². The van der Waals surface area contributed by atoms with Crippen molar-refractivity contribution in [3.8, 4) is 0 Å². The standard InChI is InChI=1S/C25H25N3O4S/c29-24-11-4-5-16-28(24)18-19-7-6-10-22(17-19)26-25(30)20-12-14-23(15-13-20)33(31,32)27-21-8-2-1-3-9-21/h1-3,6-10,12-15,17,27H,4-5,11,16,18H2,(H,26,30). The van der Waals surface area contributed by atoms with Gasteiger partial charge in [0.15, 0.2) is 0 Å². The molecule has 7 nitrogen and oxygen atoms in total. The smallest absolute Gasteiger partial charge is 0.261 e. The highest BCUT2D eigenvalue weighted by molar-refractivity contribution is 7.92. The minimum absolute atomic E-state index is 0.0658. The van der Waals surface area contributed by atoms with Crippen LogP contribution in [0.25, 0.3) is 0 Å². The topological polar surface area (TPSA) is 95.6 Å². The molecule has 0 atom stereocenters. The number of hydrogen-bond donors (Lipinski definition) is 2. The van der Waals surface area contributed by atoms with Crippen LogP contribution in [-0.4, -0.2) is 31.7 Å². The van der Waals surface area contributed by atoms with Gasteiger partial charge in [-0.25, -0.2) is 8.42 Å². The number of carbonyl (C=O) groups is 2. The number of benzene rings is 3. The van der Waals surface area contributed by atoms with Crippen LogP contribution < -0.4 is 10.0 Å². The number of rotatable bonds is 7. The molecule has 33 heavy (non-hydrogen) atoms. The molecule has 3 aromatic rings. The maximum absolute atomic E-state index is 12.7. The number of anilines is 2. The zero-order valence-corrected chi connectivity index (χ0v) is 18.8. The quantitative estimate of drug-likeness (QED) is 0.548. The molecule has 1 aliphatic heterocycles. The highest BCUT2D eigenvalue weighted by Crippen LogP contribution is 2.19. The monoisotopic (exact) mass is 463 g/mol. The normalized spacial score (nSPS) is 14.1. The average Bonchev–Trinajstić information content (AvgIpc) is 2.81. The van der Waals surface area contributed by atoms with Crippen molar-refractivity contribution in [2.45, 2.75) is 30.7 Å². The number of carbonyl (C=O) groups excluding carboxylic acids is 2. The molecule has 0 bridgehead atoms. The molecule has 8 heteroatoms.